The summed E-state index contributed by atoms with van der Waals surface area (Å²) in [6.07, 6.45) is 6.00. The van der Waals surface area contributed by atoms with Gasteiger partial charge >= 0.3 is 0 Å². The van der Waals surface area contributed by atoms with Crippen molar-refractivity contribution in [3.63, 3.8) is 0 Å². The minimum atomic E-state index is 0.730. The third-order valence-electron chi connectivity index (χ3n) is 2.62. The van der Waals surface area contributed by atoms with Crippen LogP contribution >= 0.6 is 0 Å². The third-order valence-corrected chi connectivity index (χ3v) is 2.62. The molecule has 50 valence electrons. The number of allylic oxidation sites excluding steroid dienone is 1. The third kappa shape index (κ3) is 0.715. The lowest BCUT2D eigenvalue weighted by atomic mass is 9.95. The molecule has 0 aromatic rings. The molecule has 0 radical (unpaired) electrons. The van der Waals surface area contributed by atoms with Gasteiger partial charge in [0.15, 0.2) is 0 Å². The fourth-order valence-corrected chi connectivity index (χ4v) is 1.99. The van der Waals surface area contributed by atoms with Crippen LogP contribution in [-0.2, 0) is 0 Å². The van der Waals surface area contributed by atoms with Crippen molar-refractivity contribution in [1.29, 1.82) is 0 Å². The van der Waals surface area contributed by atoms with Crippen LogP contribution in [0.2, 0.25) is 0 Å². The van der Waals surface area contributed by atoms with Crippen LogP contribution in [0.15, 0.2) is 12.2 Å². The molecule has 1 nitrogen and oxygen atoms in total. The maximum Gasteiger partial charge on any atom is 0.0105 e. The molecule has 3 atom stereocenters. The molecule has 0 aromatic carbocycles. The van der Waals surface area contributed by atoms with Gasteiger partial charge in [-0.1, -0.05) is 12.2 Å². The van der Waals surface area contributed by atoms with E-state index in [2.05, 4.69) is 24.4 Å². The Labute approximate surface area is 56.1 Å². The van der Waals surface area contributed by atoms with Crippen LogP contribution in [0.3, 0.4) is 0 Å². The highest BCUT2D eigenvalue weighted by Gasteiger charge is 2.32. The number of hydrogen-bond acceptors (Lipinski definition) is 1. The molecule has 1 fully saturated rings. The fraction of sp³-hybridized carbons (Fsp3) is 0.750. The molecule has 1 aliphatic heterocycles. The zero-order chi connectivity index (χ0) is 6.27. The molecule has 1 saturated heterocycles. The summed E-state index contributed by atoms with van der Waals surface area (Å²) in [4.78, 5) is 0. The van der Waals surface area contributed by atoms with Gasteiger partial charge in [0, 0.05) is 6.04 Å². The van der Waals surface area contributed by atoms with E-state index in [1.165, 1.54) is 13.0 Å². The second-order valence-electron chi connectivity index (χ2n) is 3.20. The van der Waals surface area contributed by atoms with Crippen LogP contribution in [0.5, 0.6) is 0 Å². The summed E-state index contributed by atoms with van der Waals surface area (Å²) < 4.78 is 0. The molecule has 1 heterocycles. The van der Waals surface area contributed by atoms with E-state index in [0.717, 1.165) is 17.9 Å². The van der Waals surface area contributed by atoms with Gasteiger partial charge in [-0.05, 0) is 31.7 Å². The van der Waals surface area contributed by atoms with Gasteiger partial charge in [0.1, 0.15) is 0 Å². The zero-order valence-electron chi connectivity index (χ0n) is 5.80. The number of nitrogens with one attached hydrogen (secondary N) is 1. The molecule has 0 aromatic heterocycles. The van der Waals surface area contributed by atoms with Gasteiger partial charge in [0.25, 0.3) is 0 Å². The van der Waals surface area contributed by atoms with Crippen molar-refractivity contribution in [2.24, 2.45) is 11.8 Å². The Morgan fingerprint density at radius 1 is 1.56 bits per heavy atom. The summed E-state index contributed by atoms with van der Waals surface area (Å²) in [6.45, 7) is 3.51. The summed E-state index contributed by atoms with van der Waals surface area (Å²) in [5.41, 5.74) is 0. The Morgan fingerprint density at radius 2 is 2.44 bits per heavy atom. The summed E-state index contributed by atoms with van der Waals surface area (Å²) in [5, 5.41) is 3.47. The van der Waals surface area contributed by atoms with E-state index < -0.39 is 0 Å². The summed E-state index contributed by atoms with van der Waals surface area (Å²) in [5.74, 6) is 1.78. The van der Waals surface area contributed by atoms with Crippen LogP contribution in [0.4, 0.5) is 0 Å². The first kappa shape index (κ1) is 5.48. The minimum absolute atomic E-state index is 0.730. The monoisotopic (exact) mass is 123 g/mol. The van der Waals surface area contributed by atoms with E-state index >= 15 is 0 Å². The molecular formula is C8H13N. The van der Waals surface area contributed by atoms with E-state index in [1.54, 1.807) is 0 Å². The van der Waals surface area contributed by atoms with Gasteiger partial charge in [-0.2, -0.15) is 0 Å². The second-order valence-corrected chi connectivity index (χ2v) is 3.20. The van der Waals surface area contributed by atoms with E-state index in [1.807, 2.05) is 0 Å². The molecule has 0 saturated carbocycles. The van der Waals surface area contributed by atoms with Crippen molar-refractivity contribution in [2.45, 2.75) is 19.4 Å². The first-order chi connectivity index (χ1) is 4.38. The topological polar surface area (TPSA) is 12.0 Å². The van der Waals surface area contributed by atoms with E-state index in [0.29, 0.717) is 0 Å². The predicted molar refractivity (Wildman–Crippen MR) is 38.2 cm³/mol. The lowest BCUT2D eigenvalue weighted by molar-refractivity contribution is 0.486. The highest BCUT2D eigenvalue weighted by atomic mass is 15.0. The molecule has 3 unspecified atom stereocenters. The fourth-order valence-electron chi connectivity index (χ4n) is 1.99. The molecule has 0 bridgehead atoms. The SMILES string of the molecule is CC1NCC2CC=CC21. The first-order valence-corrected chi connectivity index (χ1v) is 3.78. The van der Waals surface area contributed by atoms with Crippen LogP contribution in [0.25, 0.3) is 0 Å². The van der Waals surface area contributed by atoms with Gasteiger partial charge in [-0.15, -0.1) is 0 Å². The maximum absolute atomic E-state index is 3.47. The van der Waals surface area contributed by atoms with E-state index in [9.17, 15) is 0 Å². The van der Waals surface area contributed by atoms with Crippen molar-refractivity contribution in [1.82, 2.24) is 5.32 Å². The van der Waals surface area contributed by atoms with E-state index in [-0.39, 0.29) is 0 Å². The molecule has 2 rings (SSSR count). The highest BCUT2D eigenvalue weighted by Crippen LogP contribution is 2.31. The average molecular weight is 123 g/mol. The lowest BCUT2D eigenvalue weighted by Crippen LogP contribution is -2.21. The van der Waals surface area contributed by atoms with E-state index in [4.69, 9.17) is 0 Å². The maximum atomic E-state index is 3.47. The molecule has 1 N–H and O–H groups in total. The molecule has 9 heavy (non-hydrogen) atoms. The summed E-state index contributed by atoms with van der Waals surface area (Å²) >= 11 is 0. The Morgan fingerprint density at radius 3 is 3.22 bits per heavy atom. The minimum Gasteiger partial charge on any atom is -0.313 e. The van der Waals surface area contributed by atoms with Crippen LogP contribution in [-0.4, -0.2) is 12.6 Å². The smallest absolute Gasteiger partial charge is 0.0105 e. The van der Waals surface area contributed by atoms with Gasteiger partial charge in [0.05, 0.1) is 0 Å². The summed E-state index contributed by atoms with van der Waals surface area (Å²) in [7, 11) is 0. The lowest BCUT2D eigenvalue weighted by Gasteiger charge is -2.09. The van der Waals surface area contributed by atoms with Gasteiger partial charge in [0.2, 0.25) is 0 Å². The quantitative estimate of drug-likeness (QED) is 0.477. The highest BCUT2D eigenvalue weighted by molar-refractivity contribution is 5.08. The van der Waals surface area contributed by atoms with Gasteiger partial charge in [-0.25, -0.2) is 0 Å². The standard InChI is InChI=1S/C8H13N/c1-6-8-4-2-3-7(8)5-9-6/h2,4,6-9H,3,5H2,1H3. The molecule has 1 aliphatic carbocycles. The number of hydrogen-bond donors (Lipinski definition) is 1. The first-order valence-electron chi connectivity index (χ1n) is 3.78. The summed E-state index contributed by atoms with van der Waals surface area (Å²) in [6, 6.07) is 0.730. The Hall–Kier alpha value is -0.300. The van der Waals surface area contributed by atoms with Crippen molar-refractivity contribution in [2.75, 3.05) is 6.54 Å². The van der Waals surface area contributed by atoms with Gasteiger partial charge < -0.3 is 5.32 Å². The number of rotatable bonds is 0. The second kappa shape index (κ2) is 1.84. The Balaban J connectivity index is 2.15. The van der Waals surface area contributed by atoms with Crippen LogP contribution in [0.1, 0.15) is 13.3 Å². The van der Waals surface area contributed by atoms with Gasteiger partial charge in [-0.3, -0.25) is 0 Å². The normalized spacial score (nSPS) is 47.9. The van der Waals surface area contributed by atoms with Crippen molar-refractivity contribution >= 4 is 0 Å². The molecule has 0 spiro atoms. The van der Waals surface area contributed by atoms with Crippen molar-refractivity contribution in [3.05, 3.63) is 12.2 Å². The Kier molecular flexibility index (Phi) is 1.12. The molecule has 0 amide bonds. The zero-order valence-corrected chi connectivity index (χ0v) is 5.80. The Bertz CT molecular complexity index is 140. The predicted octanol–water partition coefficient (Wildman–Crippen LogP) is 1.17. The van der Waals surface area contributed by atoms with Crippen molar-refractivity contribution in [3.8, 4) is 0 Å². The van der Waals surface area contributed by atoms with Crippen LogP contribution in [0, 0.1) is 11.8 Å². The van der Waals surface area contributed by atoms with Crippen molar-refractivity contribution < 1.29 is 0 Å². The molecule has 2 aliphatic rings. The molecule has 1 heteroatoms. The number of fused-ring (bicyclic) bond motifs is 1. The van der Waals surface area contributed by atoms with Crippen LogP contribution < -0.4 is 5.32 Å². The largest absolute Gasteiger partial charge is 0.313 e. The molecular weight excluding hydrogens is 110 g/mol. The average Bonchev–Trinajstić information content (AvgIpc) is 2.35.